The Labute approximate surface area is 196 Å². The van der Waals surface area contributed by atoms with Crippen LogP contribution in [0.5, 0.6) is 0 Å². The molecule has 3 atom stereocenters. The van der Waals surface area contributed by atoms with Crippen LogP contribution in [0, 0.1) is 5.92 Å². The van der Waals surface area contributed by atoms with Crippen molar-refractivity contribution in [3.8, 4) is 0 Å². The van der Waals surface area contributed by atoms with Gasteiger partial charge in [0.2, 0.25) is 11.8 Å². The molecule has 1 fully saturated rings. The molecule has 3 rings (SSSR count). The average Bonchev–Trinajstić information content (AvgIpc) is 2.98. The van der Waals surface area contributed by atoms with Crippen LogP contribution in [-0.4, -0.2) is 86.5 Å². The number of carboxylic acids is 1. The maximum Gasteiger partial charge on any atom is 0.308 e. The van der Waals surface area contributed by atoms with E-state index in [0.29, 0.717) is 0 Å². The standard InChI is InChI=1S/C23H28N4O7/c1-12(20(32)33)23(21(24)34,25(4)5)22(2,3)27-16(28)11-10-15(19(27)31)26-17(29)13-8-6-7-9-14(13)18(26)30/h6-9,12,15H,10-11H2,1-5H3,(H2,24,34)(H,32,33)/t12?,15-,23+/m0/s1. The van der Waals surface area contributed by atoms with E-state index in [2.05, 4.69) is 0 Å². The lowest BCUT2D eigenvalue weighted by Crippen LogP contribution is -2.78. The Morgan fingerprint density at radius 1 is 1.09 bits per heavy atom. The number of nitrogens with two attached hydrogens (primary N) is 1. The van der Waals surface area contributed by atoms with Gasteiger partial charge in [0.15, 0.2) is 0 Å². The number of aliphatic carboxylic acids is 1. The van der Waals surface area contributed by atoms with Crippen molar-refractivity contribution in [2.75, 3.05) is 14.1 Å². The lowest BCUT2D eigenvalue weighted by atomic mass is 9.67. The first kappa shape index (κ1) is 25.0. The van der Waals surface area contributed by atoms with Crippen molar-refractivity contribution in [3.05, 3.63) is 35.4 Å². The van der Waals surface area contributed by atoms with E-state index in [1.807, 2.05) is 0 Å². The summed E-state index contributed by atoms with van der Waals surface area (Å²) in [6.07, 6.45) is -0.285. The summed E-state index contributed by atoms with van der Waals surface area (Å²) in [5.74, 6) is -6.66. The third-order valence-corrected chi connectivity index (χ3v) is 7.09. The number of carboxylic acid groups (broad SMARTS) is 1. The number of amides is 5. The topological polar surface area (TPSA) is 158 Å². The van der Waals surface area contributed by atoms with Gasteiger partial charge in [-0.25, -0.2) is 0 Å². The second kappa shape index (κ2) is 8.32. The summed E-state index contributed by atoms with van der Waals surface area (Å²) in [6, 6.07) is 4.86. The van der Waals surface area contributed by atoms with Gasteiger partial charge in [-0.2, -0.15) is 0 Å². The first-order valence-corrected chi connectivity index (χ1v) is 10.8. The molecule has 2 aliphatic rings. The van der Waals surface area contributed by atoms with Crippen molar-refractivity contribution < 1.29 is 33.9 Å². The van der Waals surface area contributed by atoms with Crippen molar-refractivity contribution in [2.45, 2.75) is 50.7 Å². The second-order valence-electron chi connectivity index (χ2n) is 9.29. The molecule has 0 spiro atoms. The number of benzene rings is 1. The summed E-state index contributed by atoms with van der Waals surface area (Å²) in [5, 5.41) is 9.78. The maximum atomic E-state index is 13.7. The molecule has 1 unspecified atom stereocenters. The molecule has 3 N–H and O–H groups in total. The van der Waals surface area contributed by atoms with Gasteiger partial charge in [-0.05, 0) is 53.4 Å². The molecule has 1 aromatic rings. The minimum atomic E-state index is -2.01. The summed E-state index contributed by atoms with van der Waals surface area (Å²) >= 11 is 0. The van der Waals surface area contributed by atoms with Crippen LogP contribution in [-0.2, 0) is 19.2 Å². The van der Waals surface area contributed by atoms with Crippen molar-refractivity contribution in [1.82, 2.24) is 14.7 Å². The van der Waals surface area contributed by atoms with Crippen molar-refractivity contribution in [2.24, 2.45) is 11.7 Å². The van der Waals surface area contributed by atoms with E-state index in [0.717, 1.165) is 9.80 Å². The van der Waals surface area contributed by atoms with Gasteiger partial charge in [-0.1, -0.05) is 12.1 Å². The molecule has 0 aliphatic carbocycles. The van der Waals surface area contributed by atoms with Crippen LogP contribution < -0.4 is 5.73 Å². The molecular weight excluding hydrogens is 444 g/mol. The van der Waals surface area contributed by atoms with Gasteiger partial charge in [-0.15, -0.1) is 0 Å². The molecule has 34 heavy (non-hydrogen) atoms. The van der Waals surface area contributed by atoms with Gasteiger partial charge in [0.05, 0.1) is 22.6 Å². The maximum absolute atomic E-state index is 13.7. The van der Waals surface area contributed by atoms with E-state index < -0.39 is 58.5 Å². The third-order valence-electron chi connectivity index (χ3n) is 7.09. The number of piperidine rings is 1. The third kappa shape index (κ3) is 3.22. The van der Waals surface area contributed by atoms with Gasteiger partial charge in [-0.3, -0.25) is 43.5 Å². The SMILES string of the molecule is CC(C(=O)O)[C@](C(N)=O)(N(C)C)C(C)(C)N1C(=O)CC[C@H](N2C(=O)c3ccccc3C2=O)C1=O. The van der Waals surface area contributed by atoms with Crippen LogP contribution in [0.4, 0.5) is 0 Å². The number of fused-ring (bicyclic) bond motifs is 1. The Hall–Kier alpha value is -3.60. The molecule has 2 heterocycles. The minimum Gasteiger partial charge on any atom is -0.481 e. The first-order chi connectivity index (χ1) is 15.7. The molecule has 0 bridgehead atoms. The number of primary amides is 1. The summed E-state index contributed by atoms with van der Waals surface area (Å²) in [4.78, 5) is 80.6. The van der Waals surface area contributed by atoms with E-state index >= 15 is 0 Å². The fraction of sp³-hybridized carbons (Fsp3) is 0.478. The Morgan fingerprint density at radius 3 is 2.00 bits per heavy atom. The van der Waals surface area contributed by atoms with Crippen LogP contribution in [0.2, 0.25) is 0 Å². The van der Waals surface area contributed by atoms with Crippen molar-refractivity contribution in [1.29, 1.82) is 0 Å². The van der Waals surface area contributed by atoms with Gasteiger partial charge < -0.3 is 10.8 Å². The highest BCUT2D eigenvalue weighted by atomic mass is 16.4. The molecule has 11 nitrogen and oxygen atoms in total. The fourth-order valence-corrected chi connectivity index (χ4v) is 5.63. The van der Waals surface area contributed by atoms with Crippen molar-refractivity contribution in [3.63, 3.8) is 0 Å². The number of hydrogen-bond donors (Lipinski definition) is 2. The molecular formula is C23H28N4O7. The number of carbonyl (C=O) groups excluding carboxylic acids is 5. The summed E-state index contributed by atoms with van der Waals surface area (Å²) < 4.78 is 0. The molecule has 0 radical (unpaired) electrons. The van der Waals surface area contributed by atoms with Crippen LogP contribution in [0.3, 0.4) is 0 Å². The number of likely N-dealkylation sites (N-methyl/N-ethyl adjacent to an activating group) is 1. The largest absolute Gasteiger partial charge is 0.481 e. The zero-order valence-corrected chi connectivity index (χ0v) is 19.7. The second-order valence-corrected chi connectivity index (χ2v) is 9.29. The van der Waals surface area contributed by atoms with Crippen molar-refractivity contribution >= 4 is 35.5 Å². The summed E-state index contributed by atoms with van der Waals surface area (Å²) in [6.45, 7) is 4.05. The first-order valence-electron chi connectivity index (χ1n) is 10.8. The molecule has 2 aliphatic heterocycles. The Balaban J connectivity index is 2.12. The quantitative estimate of drug-likeness (QED) is 0.528. The predicted octanol–water partition coefficient (Wildman–Crippen LogP) is 0.0852. The number of carbonyl (C=O) groups is 6. The summed E-state index contributed by atoms with van der Waals surface area (Å²) in [7, 11) is 2.87. The average molecular weight is 472 g/mol. The minimum absolute atomic E-state index is 0.0876. The van der Waals surface area contributed by atoms with Gasteiger partial charge >= 0.3 is 5.97 Å². The van der Waals surface area contributed by atoms with Crippen LogP contribution in [0.15, 0.2) is 24.3 Å². The van der Waals surface area contributed by atoms with Gasteiger partial charge in [0.1, 0.15) is 11.6 Å². The smallest absolute Gasteiger partial charge is 0.308 e. The lowest BCUT2D eigenvalue weighted by Gasteiger charge is -2.55. The highest BCUT2D eigenvalue weighted by Gasteiger charge is 2.64. The molecule has 0 aromatic heterocycles. The molecule has 1 aromatic carbocycles. The van der Waals surface area contributed by atoms with E-state index in [4.69, 9.17) is 5.73 Å². The number of nitrogens with zero attached hydrogens (tertiary/aromatic N) is 3. The zero-order valence-electron chi connectivity index (χ0n) is 19.7. The van der Waals surface area contributed by atoms with E-state index in [1.54, 1.807) is 12.1 Å². The van der Waals surface area contributed by atoms with Crippen LogP contribution in [0.1, 0.15) is 54.3 Å². The van der Waals surface area contributed by atoms with Crippen LogP contribution in [0.25, 0.3) is 0 Å². The lowest BCUT2D eigenvalue weighted by molar-refractivity contribution is -0.176. The molecule has 1 saturated heterocycles. The number of hydrogen-bond acceptors (Lipinski definition) is 7. The molecule has 182 valence electrons. The molecule has 0 saturated carbocycles. The number of rotatable bonds is 7. The zero-order chi connectivity index (χ0) is 25.7. The molecule has 11 heteroatoms. The predicted molar refractivity (Wildman–Crippen MR) is 118 cm³/mol. The van der Waals surface area contributed by atoms with Gasteiger partial charge in [0, 0.05) is 6.42 Å². The number of imide groups is 2. The monoisotopic (exact) mass is 472 g/mol. The Bertz CT molecular complexity index is 1080. The van der Waals surface area contributed by atoms with E-state index in [-0.39, 0.29) is 24.0 Å². The van der Waals surface area contributed by atoms with E-state index in [1.165, 1.54) is 51.9 Å². The van der Waals surface area contributed by atoms with E-state index in [9.17, 15) is 33.9 Å². The Morgan fingerprint density at radius 2 is 1.59 bits per heavy atom. The number of likely N-dealkylation sites (tertiary alicyclic amines) is 1. The van der Waals surface area contributed by atoms with Crippen LogP contribution >= 0.6 is 0 Å². The highest BCUT2D eigenvalue weighted by molar-refractivity contribution is 6.23. The normalized spacial score (nSPS) is 21.5. The summed E-state index contributed by atoms with van der Waals surface area (Å²) in [5.41, 5.74) is 2.29. The fourth-order valence-electron chi connectivity index (χ4n) is 5.63. The molecule has 5 amide bonds. The highest BCUT2D eigenvalue weighted by Crippen LogP contribution is 2.42. The Kier molecular flexibility index (Phi) is 6.12. The van der Waals surface area contributed by atoms with Gasteiger partial charge in [0.25, 0.3) is 17.7 Å².